The van der Waals surface area contributed by atoms with Crippen molar-refractivity contribution < 1.29 is 14.0 Å². The molecule has 0 spiro atoms. The molecule has 0 aliphatic heterocycles. The van der Waals surface area contributed by atoms with E-state index in [4.69, 9.17) is 9.16 Å². The second-order valence-corrected chi connectivity index (χ2v) is 9.50. The van der Waals surface area contributed by atoms with E-state index in [0.717, 1.165) is 11.3 Å². The lowest BCUT2D eigenvalue weighted by Crippen LogP contribution is -2.29. The third-order valence-electron chi connectivity index (χ3n) is 2.11. The minimum Gasteiger partial charge on any atom is -0.542 e. The Morgan fingerprint density at radius 1 is 1.22 bits per heavy atom. The summed E-state index contributed by atoms with van der Waals surface area (Å²) >= 11 is 0. The summed E-state index contributed by atoms with van der Waals surface area (Å²) < 4.78 is 11.2. The molecule has 1 aromatic carbocycles. The number of methoxy groups -OCH3 is 1. The van der Waals surface area contributed by atoms with Gasteiger partial charge in [-0.2, -0.15) is 0 Å². The molecule has 0 bridgehead atoms. The lowest BCUT2D eigenvalue weighted by atomic mass is 10.2. The number of carbonyl (C=O) groups excluding carboxylic acids is 1. The first-order valence-electron chi connectivity index (χ1n) is 5.87. The number of ketones is 1. The molecule has 1 aromatic rings. The van der Waals surface area contributed by atoms with E-state index >= 15 is 0 Å². The Bertz CT molecular complexity index is 459. The van der Waals surface area contributed by atoms with Crippen molar-refractivity contribution in [1.82, 2.24) is 0 Å². The molecule has 98 valence electrons. The molecule has 4 heteroatoms. The van der Waals surface area contributed by atoms with Gasteiger partial charge in [-0.05, 0) is 50.3 Å². The summed E-state index contributed by atoms with van der Waals surface area (Å²) in [5, 5.41) is 0. The van der Waals surface area contributed by atoms with E-state index in [1.165, 1.54) is 13.0 Å². The fourth-order valence-electron chi connectivity index (χ4n) is 1.42. The van der Waals surface area contributed by atoms with Gasteiger partial charge in [-0.1, -0.05) is 12.1 Å². The van der Waals surface area contributed by atoms with Gasteiger partial charge in [0.1, 0.15) is 5.75 Å². The van der Waals surface area contributed by atoms with Crippen molar-refractivity contribution in [3.8, 4) is 11.5 Å². The van der Waals surface area contributed by atoms with Gasteiger partial charge in [-0.3, -0.25) is 4.79 Å². The van der Waals surface area contributed by atoms with Crippen LogP contribution in [0.25, 0.3) is 6.08 Å². The summed E-state index contributed by atoms with van der Waals surface area (Å²) in [7, 11) is -0.0356. The molecule has 0 N–H and O–H groups in total. The van der Waals surface area contributed by atoms with Crippen LogP contribution in [0.5, 0.6) is 11.5 Å². The molecule has 0 fully saturated rings. The number of benzene rings is 1. The third kappa shape index (κ3) is 4.75. The summed E-state index contributed by atoms with van der Waals surface area (Å²) in [5.74, 6) is 1.48. The van der Waals surface area contributed by atoms with Crippen LogP contribution in [0.1, 0.15) is 12.5 Å². The first-order chi connectivity index (χ1) is 8.31. The lowest BCUT2D eigenvalue weighted by Gasteiger charge is -2.21. The Morgan fingerprint density at radius 2 is 1.89 bits per heavy atom. The highest BCUT2D eigenvalue weighted by Crippen LogP contribution is 2.30. The van der Waals surface area contributed by atoms with E-state index in [9.17, 15) is 4.79 Å². The molecule has 0 aliphatic rings. The van der Waals surface area contributed by atoms with Crippen LogP contribution in [-0.4, -0.2) is 21.2 Å². The van der Waals surface area contributed by atoms with Crippen LogP contribution in [0, 0.1) is 0 Å². The minimum atomic E-state index is -1.65. The first-order valence-corrected chi connectivity index (χ1v) is 9.28. The lowest BCUT2D eigenvalue weighted by molar-refractivity contribution is -0.112. The zero-order valence-electron chi connectivity index (χ0n) is 11.6. The second kappa shape index (κ2) is 5.86. The van der Waals surface area contributed by atoms with Crippen molar-refractivity contribution in [2.45, 2.75) is 26.6 Å². The fraction of sp³-hybridized carbons (Fsp3) is 0.357. The quantitative estimate of drug-likeness (QED) is 0.603. The molecular formula is C14H20O3Si. The molecule has 0 radical (unpaired) electrons. The van der Waals surface area contributed by atoms with Gasteiger partial charge in [-0.25, -0.2) is 0 Å². The van der Waals surface area contributed by atoms with Gasteiger partial charge in [0.15, 0.2) is 11.5 Å². The highest BCUT2D eigenvalue weighted by atomic mass is 28.4. The van der Waals surface area contributed by atoms with E-state index in [2.05, 4.69) is 19.6 Å². The summed E-state index contributed by atoms with van der Waals surface area (Å²) in [4.78, 5) is 10.9. The van der Waals surface area contributed by atoms with Crippen LogP contribution in [0.3, 0.4) is 0 Å². The topological polar surface area (TPSA) is 35.5 Å². The molecule has 0 saturated carbocycles. The maximum absolute atomic E-state index is 10.9. The number of rotatable bonds is 5. The molecular weight excluding hydrogens is 244 g/mol. The van der Waals surface area contributed by atoms with Crippen molar-refractivity contribution in [2.75, 3.05) is 7.11 Å². The average Bonchev–Trinajstić information content (AvgIpc) is 2.25. The fourth-order valence-corrected chi connectivity index (χ4v) is 2.24. The van der Waals surface area contributed by atoms with Gasteiger partial charge in [0, 0.05) is 0 Å². The highest BCUT2D eigenvalue weighted by Gasteiger charge is 2.18. The van der Waals surface area contributed by atoms with Crippen molar-refractivity contribution in [1.29, 1.82) is 0 Å². The van der Waals surface area contributed by atoms with Gasteiger partial charge in [-0.15, -0.1) is 0 Å². The Kier molecular flexibility index (Phi) is 4.73. The maximum atomic E-state index is 10.9. The molecule has 0 amide bonds. The van der Waals surface area contributed by atoms with Gasteiger partial charge >= 0.3 is 0 Å². The van der Waals surface area contributed by atoms with E-state index < -0.39 is 8.32 Å². The molecule has 0 atom stereocenters. The predicted molar refractivity (Wildman–Crippen MR) is 76.7 cm³/mol. The van der Waals surface area contributed by atoms with Crippen LogP contribution in [0.2, 0.25) is 19.6 Å². The van der Waals surface area contributed by atoms with Gasteiger partial charge in [0.25, 0.3) is 0 Å². The molecule has 1 rings (SSSR count). The molecule has 0 aliphatic carbocycles. The Hall–Kier alpha value is -1.55. The van der Waals surface area contributed by atoms with E-state index in [1.807, 2.05) is 18.2 Å². The summed E-state index contributed by atoms with van der Waals surface area (Å²) in [6.07, 6.45) is 3.30. The Morgan fingerprint density at radius 3 is 2.39 bits per heavy atom. The van der Waals surface area contributed by atoms with Crippen molar-refractivity contribution in [2.24, 2.45) is 0 Å². The predicted octanol–water partition coefficient (Wildman–Crippen LogP) is 3.51. The van der Waals surface area contributed by atoms with E-state index in [0.29, 0.717) is 5.75 Å². The molecule has 0 heterocycles. The number of hydrogen-bond acceptors (Lipinski definition) is 3. The Balaban J connectivity index is 3.00. The van der Waals surface area contributed by atoms with Crippen LogP contribution in [0.4, 0.5) is 0 Å². The number of carbonyl (C=O) groups is 1. The maximum Gasteiger partial charge on any atom is 0.242 e. The summed E-state index contributed by atoms with van der Waals surface area (Å²) in [6, 6.07) is 5.67. The third-order valence-corrected chi connectivity index (χ3v) is 2.95. The van der Waals surface area contributed by atoms with Crippen LogP contribution < -0.4 is 9.16 Å². The normalized spacial score (nSPS) is 11.6. The zero-order chi connectivity index (χ0) is 13.8. The largest absolute Gasteiger partial charge is 0.542 e. The Labute approximate surface area is 110 Å². The van der Waals surface area contributed by atoms with Crippen LogP contribution >= 0.6 is 0 Å². The number of allylic oxidation sites excluding steroid dienone is 1. The minimum absolute atomic E-state index is 0.0244. The molecule has 0 unspecified atom stereocenters. The van der Waals surface area contributed by atoms with Crippen LogP contribution in [0.15, 0.2) is 24.3 Å². The van der Waals surface area contributed by atoms with Gasteiger partial charge < -0.3 is 9.16 Å². The monoisotopic (exact) mass is 264 g/mol. The smallest absolute Gasteiger partial charge is 0.242 e. The number of ether oxygens (including phenoxy) is 1. The van der Waals surface area contributed by atoms with Crippen molar-refractivity contribution in [3.05, 3.63) is 29.8 Å². The van der Waals surface area contributed by atoms with E-state index in [-0.39, 0.29) is 5.78 Å². The molecule has 18 heavy (non-hydrogen) atoms. The molecule has 0 saturated heterocycles. The van der Waals surface area contributed by atoms with Crippen molar-refractivity contribution in [3.63, 3.8) is 0 Å². The zero-order valence-corrected chi connectivity index (χ0v) is 12.6. The van der Waals surface area contributed by atoms with Gasteiger partial charge in [0.2, 0.25) is 8.32 Å². The van der Waals surface area contributed by atoms with E-state index in [1.54, 1.807) is 13.2 Å². The van der Waals surface area contributed by atoms with Crippen molar-refractivity contribution >= 4 is 20.2 Å². The first kappa shape index (κ1) is 14.5. The SMILES string of the molecule is COc1cc(C=CC(C)=O)ccc1O[Si](C)(C)C. The molecule has 0 aromatic heterocycles. The average molecular weight is 264 g/mol. The van der Waals surface area contributed by atoms with Crippen LogP contribution in [-0.2, 0) is 4.79 Å². The summed E-state index contributed by atoms with van der Waals surface area (Å²) in [5.41, 5.74) is 0.921. The van der Waals surface area contributed by atoms with Gasteiger partial charge in [0.05, 0.1) is 7.11 Å². The number of hydrogen-bond donors (Lipinski definition) is 0. The highest BCUT2D eigenvalue weighted by molar-refractivity contribution is 6.70. The molecule has 3 nitrogen and oxygen atoms in total. The second-order valence-electron chi connectivity index (χ2n) is 5.07. The summed E-state index contributed by atoms with van der Waals surface area (Å²) in [6.45, 7) is 7.89. The standard InChI is InChI=1S/C14H20O3Si/c1-11(15)6-7-12-8-9-13(14(10-12)16-2)17-18(3,4)5/h6-10H,1-5H3.